The maximum atomic E-state index is 12.8. The quantitative estimate of drug-likeness (QED) is 0.845. The van der Waals surface area contributed by atoms with Crippen LogP contribution in [0.15, 0.2) is 0 Å². The summed E-state index contributed by atoms with van der Waals surface area (Å²) in [6.45, 7) is 4.89. The Labute approximate surface area is 118 Å². The van der Waals surface area contributed by atoms with E-state index in [1.54, 1.807) is 6.92 Å². The first-order chi connectivity index (χ1) is 9.23. The van der Waals surface area contributed by atoms with Crippen molar-refractivity contribution < 1.29 is 18.0 Å². The zero-order valence-electron chi connectivity index (χ0n) is 12.5. The molecule has 1 N–H and O–H groups in total. The largest absolute Gasteiger partial charge is 0.406 e. The van der Waals surface area contributed by atoms with Gasteiger partial charge in [-0.2, -0.15) is 13.2 Å². The average Bonchev–Trinajstić information content (AvgIpc) is 2.37. The van der Waals surface area contributed by atoms with Crippen molar-refractivity contribution in [1.82, 2.24) is 10.2 Å². The molecule has 0 spiro atoms. The van der Waals surface area contributed by atoms with Crippen LogP contribution in [-0.4, -0.2) is 41.7 Å². The number of hydrogen-bond donors (Lipinski definition) is 1. The topological polar surface area (TPSA) is 32.3 Å². The van der Waals surface area contributed by atoms with Gasteiger partial charge in [0.1, 0.15) is 6.54 Å². The molecule has 1 saturated heterocycles. The lowest BCUT2D eigenvalue weighted by Gasteiger charge is -2.41. The Morgan fingerprint density at radius 3 is 2.30 bits per heavy atom. The number of halogens is 3. The van der Waals surface area contributed by atoms with Crippen molar-refractivity contribution in [2.75, 3.05) is 13.1 Å². The van der Waals surface area contributed by atoms with Gasteiger partial charge in [0, 0.05) is 6.04 Å². The second-order valence-electron chi connectivity index (χ2n) is 5.73. The highest BCUT2D eigenvalue weighted by atomic mass is 19.4. The molecule has 1 atom stereocenters. The van der Waals surface area contributed by atoms with E-state index < -0.39 is 24.2 Å². The molecule has 0 aromatic heterocycles. The Morgan fingerprint density at radius 2 is 1.90 bits per heavy atom. The molecule has 0 bridgehead atoms. The molecule has 1 fully saturated rings. The molecular formula is C14H25F3N2O. The minimum absolute atomic E-state index is 0.357. The minimum Gasteiger partial charge on any atom is -0.329 e. The van der Waals surface area contributed by atoms with Gasteiger partial charge in [0.2, 0.25) is 5.91 Å². The van der Waals surface area contributed by atoms with E-state index in [4.69, 9.17) is 0 Å². The van der Waals surface area contributed by atoms with E-state index in [0.717, 1.165) is 17.7 Å². The maximum absolute atomic E-state index is 12.8. The highest BCUT2D eigenvalue weighted by molar-refractivity contribution is 5.86. The van der Waals surface area contributed by atoms with Gasteiger partial charge in [-0.1, -0.05) is 13.8 Å². The molecule has 1 aliphatic heterocycles. The third-order valence-electron chi connectivity index (χ3n) is 4.08. The molecule has 0 radical (unpaired) electrons. The third kappa shape index (κ3) is 4.36. The van der Waals surface area contributed by atoms with E-state index in [1.165, 1.54) is 0 Å². The van der Waals surface area contributed by atoms with Crippen LogP contribution in [-0.2, 0) is 4.79 Å². The number of alkyl halides is 3. The summed E-state index contributed by atoms with van der Waals surface area (Å²) >= 11 is 0. The van der Waals surface area contributed by atoms with Gasteiger partial charge in [-0.05, 0) is 45.6 Å². The fraction of sp³-hybridized carbons (Fsp3) is 0.929. The normalized spacial score (nSPS) is 23.9. The number of amides is 1. The number of nitrogens with one attached hydrogen (secondary N) is 1. The Bertz CT molecular complexity index is 321. The molecule has 1 aliphatic rings. The van der Waals surface area contributed by atoms with Crippen molar-refractivity contribution in [2.45, 2.75) is 70.6 Å². The molecular weight excluding hydrogens is 269 g/mol. The standard InChI is InChI=1S/C14H25F3N2O/c1-4-11(5-2)19(10-14(15,16)17)12(20)13(3)8-6-7-9-18-13/h11,18H,4-10H2,1-3H3. The molecule has 3 nitrogen and oxygen atoms in total. The van der Waals surface area contributed by atoms with Crippen LogP contribution in [0, 0.1) is 0 Å². The van der Waals surface area contributed by atoms with E-state index in [2.05, 4.69) is 5.32 Å². The van der Waals surface area contributed by atoms with Crippen LogP contribution in [0.1, 0.15) is 52.9 Å². The lowest BCUT2D eigenvalue weighted by Crippen LogP contribution is -2.61. The molecule has 1 rings (SSSR count). The summed E-state index contributed by atoms with van der Waals surface area (Å²) in [6.07, 6.45) is -0.850. The number of carbonyl (C=O) groups excluding carboxylic acids is 1. The van der Waals surface area contributed by atoms with Crippen LogP contribution in [0.4, 0.5) is 13.2 Å². The highest BCUT2D eigenvalue weighted by Crippen LogP contribution is 2.27. The van der Waals surface area contributed by atoms with Gasteiger partial charge in [-0.3, -0.25) is 4.79 Å². The molecule has 0 aliphatic carbocycles. The van der Waals surface area contributed by atoms with Gasteiger partial charge >= 0.3 is 6.18 Å². The van der Waals surface area contributed by atoms with Gasteiger partial charge in [-0.25, -0.2) is 0 Å². The van der Waals surface area contributed by atoms with Crippen molar-refractivity contribution in [3.8, 4) is 0 Å². The van der Waals surface area contributed by atoms with Gasteiger partial charge in [-0.15, -0.1) is 0 Å². The summed E-state index contributed by atoms with van der Waals surface area (Å²) in [5, 5.41) is 3.11. The van der Waals surface area contributed by atoms with E-state index in [1.807, 2.05) is 13.8 Å². The molecule has 0 aromatic rings. The van der Waals surface area contributed by atoms with Crippen LogP contribution in [0.5, 0.6) is 0 Å². The summed E-state index contributed by atoms with van der Waals surface area (Å²) in [6, 6.07) is -0.357. The van der Waals surface area contributed by atoms with Gasteiger partial charge < -0.3 is 10.2 Å². The first-order valence-corrected chi connectivity index (χ1v) is 7.36. The van der Waals surface area contributed by atoms with Crippen LogP contribution in [0.2, 0.25) is 0 Å². The number of nitrogens with zero attached hydrogens (tertiary/aromatic N) is 1. The molecule has 0 aromatic carbocycles. The van der Waals surface area contributed by atoms with Crippen molar-refractivity contribution in [3.05, 3.63) is 0 Å². The summed E-state index contributed by atoms with van der Waals surface area (Å²) in [4.78, 5) is 13.6. The molecule has 20 heavy (non-hydrogen) atoms. The average molecular weight is 294 g/mol. The third-order valence-corrected chi connectivity index (χ3v) is 4.08. The first kappa shape index (κ1) is 17.3. The van der Waals surface area contributed by atoms with Crippen molar-refractivity contribution >= 4 is 5.91 Å². The summed E-state index contributed by atoms with van der Waals surface area (Å²) in [7, 11) is 0. The fourth-order valence-corrected chi connectivity index (χ4v) is 2.85. The summed E-state index contributed by atoms with van der Waals surface area (Å²) in [5.41, 5.74) is -0.855. The Balaban J connectivity index is 2.93. The van der Waals surface area contributed by atoms with Crippen LogP contribution >= 0.6 is 0 Å². The van der Waals surface area contributed by atoms with Gasteiger partial charge in [0.15, 0.2) is 0 Å². The lowest BCUT2D eigenvalue weighted by molar-refractivity contribution is -0.170. The number of hydrogen-bond acceptors (Lipinski definition) is 2. The predicted molar refractivity (Wildman–Crippen MR) is 72.4 cm³/mol. The second kappa shape index (κ2) is 6.78. The molecule has 6 heteroatoms. The molecule has 1 unspecified atom stereocenters. The molecule has 1 heterocycles. The first-order valence-electron chi connectivity index (χ1n) is 7.36. The van der Waals surface area contributed by atoms with Crippen LogP contribution in [0.25, 0.3) is 0 Å². The Hall–Kier alpha value is -0.780. The van der Waals surface area contributed by atoms with Crippen LogP contribution in [0.3, 0.4) is 0 Å². The predicted octanol–water partition coefficient (Wildman–Crippen LogP) is 3.10. The zero-order valence-corrected chi connectivity index (χ0v) is 12.5. The Kier molecular flexibility index (Phi) is 5.86. The Morgan fingerprint density at radius 1 is 1.30 bits per heavy atom. The SMILES string of the molecule is CCC(CC)N(CC(F)(F)F)C(=O)C1(C)CCCCN1. The molecule has 1 amide bonds. The maximum Gasteiger partial charge on any atom is 0.406 e. The van der Waals surface area contributed by atoms with E-state index >= 15 is 0 Å². The van der Waals surface area contributed by atoms with Gasteiger partial charge in [0.05, 0.1) is 5.54 Å². The highest BCUT2D eigenvalue weighted by Gasteiger charge is 2.43. The van der Waals surface area contributed by atoms with Crippen molar-refractivity contribution in [3.63, 3.8) is 0 Å². The van der Waals surface area contributed by atoms with Gasteiger partial charge in [0.25, 0.3) is 0 Å². The summed E-state index contributed by atoms with van der Waals surface area (Å²) < 4.78 is 38.3. The second-order valence-corrected chi connectivity index (χ2v) is 5.73. The van der Waals surface area contributed by atoms with Crippen molar-refractivity contribution in [2.24, 2.45) is 0 Å². The van der Waals surface area contributed by atoms with Crippen LogP contribution < -0.4 is 5.32 Å². The monoisotopic (exact) mass is 294 g/mol. The number of rotatable bonds is 5. The number of piperidine rings is 1. The zero-order chi connectivity index (χ0) is 15.4. The van der Waals surface area contributed by atoms with Crippen molar-refractivity contribution in [1.29, 1.82) is 0 Å². The summed E-state index contributed by atoms with van der Waals surface area (Å²) in [5.74, 6) is -0.414. The fourth-order valence-electron chi connectivity index (χ4n) is 2.85. The van der Waals surface area contributed by atoms with E-state index in [9.17, 15) is 18.0 Å². The lowest BCUT2D eigenvalue weighted by atomic mass is 9.88. The molecule has 0 saturated carbocycles. The molecule has 118 valence electrons. The smallest absolute Gasteiger partial charge is 0.329 e. The van der Waals surface area contributed by atoms with E-state index in [0.29, 0.717) is 25.8 Å². The minimum atomic E-state index is -4.36. The van der Waals surface area contributed by atoms with E-state index in [-0.39, 0.29) is 6.04 Å². The number of carbonyl (C=O) groups is 1.